The van der Waals surface area contributed by atoms with E-state index in [1.165, 1.54) is 36.8 Å². The molecule has 7 rings (SSSR count). The maximum absolute atomic E-state index is 13.6. The fraction of sp³-hybridized carbons (Fsp3) is 0.733. The van der Waals surface area contributed by atoms with Crippen LogP contribution in [0.3, 0.4) is 0 Å². The fourth-order valence-corrected chi connectivity index (χ4v) is 15.3. The van der Waals surface area contributed by atoms with Gasteiger partial charge in [0.2, 0.25) is 0 Å². The molecule has 0 bridgehead atoms. The molecule has 1 amide bonds. The van der Waals surface area contributed by atoms with Crippen molar-refractivity contribution >= 4 is 27.5 Å². The number of ether oxygens (including phenoxy) is 1. The van der Waals surface area contributed by atoms with E-state index in [9.17, 15) is 23.1 Å². The Balaban J connectivity index is 1.06. The van der Waals surface area contributed by atoms with E-state index in [4.69, 9.17) is 4.74 Å². The van der Waals surface area contributed by atoms with E-state index in [0.717, 1.165) is 57.1 Å². The van der Waals surface area contributed by atoms with Crippen molar-refractivity contribution in [3.63, 3.8) is 0 Å². The number of hydrogen-bond acceptors (Lipinski definition) is 6. The number of amides is 1. The van der Waals surface area contributed by atoms with Crippen LogP contribution in [0.5, 0.6) is 0 Å². The average molecular weight is 763 g/mol. The standard InChI is InChI=1S/C45H66N2O6S/c1-30(2)33-16-21-45(46-40(50)53-27-9-8-24-47-25-28-54(51,52)29-26-47)23-22-43(6)35(38(33)45)14-15-37-42(5)19-17-34(31-10-12-32(13-11-31)39(48)49)41(3,4)36(42)18-20-44(37,43)7/h10-13,17,33,35-38H,1,8-9,14-16,18-29H2,2-7H3,(H,46,50)(H,48,49)/t33-,35+,36-,37+,38+,42-,43+,44+,45-/m0/s1. The second kappa shape index (κ2) is 14.1. The zero-order valence-electron chi connectivity index (χ0n) is 33.8. The van der Waals surface area contributed by atoms with Gasteiger partial charge < -0.3 is 20.1 Å². The predicted octanol–water partition coefficient (Wildman–Crippen LogP) is 9.02. The third-order valence-electron chi connectivity index (χ3n) is 17.0. The van der Waals surface area contributed by atoms with E-state index >= 15 is 0 Å². The van der Waals surface area contributed by atoms with Crippen molar-refractivity contribution in [2.24, 2.45) is 51.2 Å². The van der Waals surface area contributed by atoms with Crippen LogP contribution < -0.4 is 5.32 Å². The number of fused-ring (bicyclic) bond motifs is 7. The van der Waals surface area contributed by atoms with Gasteiger partial charge in [0, 0.05) is 18.6 Å². The first-order valence-electron chi connectivity index (χ1n) is 20.9. The number of carboxylic acids is 1. The number of unbranched alkanes of at least 4 members (excludes halogenated alkanes) is 1. The number of alkyl carbamates (subject to hydrolysis) is 1. The lowest BCUT2D eigenvalue weighted by Gasteiger charge is -2.72. The molecule has 0 radical (unpaired) electrons. The van der Waals surface area contributed by atoms with Gasteiger partial charge in [0.15, 0.2) is 9.84 Å². The molecule has 2 N–H and O–H groups in total. The van der Waals surface area contributed by atoms with E-state index in [2.05, 4.69) is 64.4 Å². The highest BCUT2D eigenvalue weighted by molar-refractivity contribution is 7.91. The van der Waals surface area contributed by atoms with Crippen molar-refractivity contribution in [2.45, 2.75) is 118 Å². The Labute approximate surface area is 324 Å². The summed E-state index contributed by atoms with van der Waals surface area (Å²) in [5.41, 5.74) is 4.29. The van der Waals surface area contributed by atoms with Crippen LogP contribution in [-0.4, -0.2) is 73.8 Å². The van der Waals surface area contributed by atoms with Gasteiger partial charge in [-0.25, -0.2) is 18.0 Å². The molecule has 5 fully saturated rings. The molecule has 5 aliphatic carbocycles. The molecule has 54 heavy (non-hydrogen) atoms. The number of aromatic carboxylic acids is 1. The monoisotopic (exact) mass is 762 g/mol. The minimum Gasteiger partial charge on any atom is -0.478 e. The molecular formula is C45H66N2O6S. The van der Waals surface area contributed by atoms with Crippen molar-refractivity contribution in [3.8, 4) is 0 Å². The zero-order valence-corrected chi connectivity index (χ0v) is 34.7. The van der Waals surface area contributed by atoms with Crippen molar-refractivity contribution in [3.05, 3.63) is 53.6 Å². The SMILES string of the molecule is C=C(C)[C@@H]1CC[C@]2(NC(=O)OCCCCN3CCS(=O)(=O)CC3)CC[C@]3(C)[C@H](CC[C@@H]4[C@@]5(C)CC=C(c6ccc(C(=O)O)cc6)C(C)(C)[C@@H]5CC[C@]43C)[C@@H]12. The summed E-state index contributed by atoms with van der Waals surface area (Å²) >= 11 is 0. The number of carbonyl (C=O) groups is 2. The molecule has 1 aromatic carbocycles. The summed E-state index contributed by atoms with van der Waals surface area (Å²) < 4.78 is 29.4. The van der Waals surface area contributed by atoms with Crippen LogP contribution in [0.1, 0.15) is 128 Å². The number of nitrogens with zero attached hydrogens (tertiary/aromatic N) is 1. The summed E-state index contributed by atoms with van der Waals surface area (Å²) in [6, 6.07) is 7.50. The van der Waals surface area contributed by atoms with Crippen LogP contribution in [0, 0.1) is 51.2 Å². The van der Waals surface area contributed by atoms with Gasteiger partial charge in [-0.15, -0.1) is 0 Å². The van der Waals surface area contributed by atoms with Crippen LogP contribution in [0.4, 0.5) is 4.79 Å². The summed E-state index contributed by atoms with van der Waals surface area (Å²) in [6.45, 7) is 21.9. The van der Waals surface area contributed by atoms with Crippen LogP contribution in [0.2, 0.25) is 0 Å². The molecule has 1 aliphatic heterocycles. The van der Waals surface area contributed by atoms with Crippen LogP contribution in [0.15, 0.2) is 42.5 Å². The lowest BCUT2D eigenvalue weighted by Crippen LogP contribution is -2.68. The van der Waals surface area contributed by atoms with Crippen LogP contribution in [-0.2, 0) is 14.6 Å². The van der Waals surface area contributed by atoms with E-state index < -0.39 is 15.8 Å². The largest absolute Gasteiger partial charge is 0.478 e. The molecule has 9 atom stereocenters. The zero-order chi connectivity index (χ0) is 38.9. The number of nitrogens with one attached hydrogen (secondary N) is 1. The highest BCUT2D eigenvalue weighted by Crippen LogP contribution is 2.76. The average Bonchev–Trinajstić information content (AvgIpc) is 3.48. The topological polar surface area (TPSA) is 113 Å². The smallest absolute Gasteiger partial charge is 0.407 e. The van der Waals surface area contributed by atoms with E-state index in [1.807, 2.05) is 12.1 Å². The molecule has 6 aliphatic rings. The molecule has 4 saturated carbocycles. The summed E-state index contributed by atoms with van der Waals surface area (Å²) in [6.07, 6.45) is 13.8. The Hall–Kier alpha value is -2.65. The van der Waals surface area contributed by atoms with E-state index in [1.54, 1.807) is 12.1 Å². The minimum absolute atomic E-state index is 0.0317. The highest BCUT2D eigenvalue weighted by atomic mass is 32.2. The first kappa shape index (κ1) is 39.6. The molecule has 298 valence electrons. The maximum atomic E-state index is 13.6. The Morgan fingerprint density at radius 2 is 1.61 bits per heavy atom. The lowest BCUT2D eigenvalue weighted by atomic mass is 9.33. The number of benzene rings is 1. The third kappa shape index (κ3) is 6.49. The van der Waals surface area contributed by atoms with Gasteiger partial charge in [-0.05, 0) is 159 Å². The number of rotatable bonds is 9. The van der Waals surface area contributed by atoms with Crippen molar-refractivity contribution in [1.82, 2.24) is 10.2 Å². The quantitative estimate of drug-likeness (QED) is 0.191. The van der Waals surface area contributed by atoms with Gasteiger partial charge >= 0.3 is 12.1 Å². The summed E-state index contributed by atoms with van der Waals surface area (Å²) in [5, 5.41) is 13.0. The van der Waals surface area contributed by atoms with E-state index in [-0.39, 0.29) is 44.8 Å². The van der Waals surface area contributed by atoms with Gasteiger partial charge in [0.05, 0.1) is 23.7 Å². The Morgan fingerprint density at radius 1 is 0.907 bits per heavy atom. The van der Waals surface area contributed by atoms with E-state index in [0.29, 0.717) is 54.8 Å². The van der Waals surface area contributed by atoms with Crippen molar-refractivity contribution in [2.75, 3.05) is 37.7 Å². The fourth-order valence-electron chi connectivity index (χ4n) is 14.1. The van der Waals surface area contributed by atoms with Gasteiger partial charge in [-0.1, -0.05) is 65.0 Å². The maximum Gasteiger partial charge on any atom is 0.407 e. The molecule has 0 aromatic heterocycles. The van der Waals surface area contributed by atoms with Gasteiger partial charge in [0.1, 0.15) is 0 Å². The predicted molar refractivity (Wildman–Crippen MR) is 215 cm³/mol. The second-order valence-electron chi connectivity index (χ2n) is 19.7. The highest BCUT2D eigenvalue weighted by Gasteiger charge is 2.70. The number of sulfone groups is 1. The van der Waals surface area contributed by atoms with Gasteiger partial charge in [-0.3, -0.25) is 0 Å². The van der Waals surface area contributed by atoms with Gasteiger partial charge in [-0.2, -0.15) is 0 Å². The Kier molecular flexibility index (Phi) is 10.3. The summed E-state index contributed by atoms with van der Waals surface area (Å²) in [5.74, 6) is 1.97. The minimum atomic E-state index is -2.88. The first-order chi connectivity index (χ1) is 25.4. The molecule has 8 nitrogen and oxygen atoms in total. The number of carboxylic acid groups (broad SMARTS) is 1. The normalized spacial score (nSPS) is 39.5. The third-order valence-corrected chi connectivity index (χ3v) is 18.6. The molecule has 1 aromatic rings. The number of carbonyl (C=O) groups excluding carboxylic acids is 1. The first-order valence-corrected chi connectivity index (χ1v) is 22.8. The van der Waals surface area contributed by atoms with Crippen LogP contribution >= 0.6 is 0 Å². The van der Waals surface area contributed by atoms with Crippen molar-refractivity contribution in [1.29, 1.82) is 0 Å². The lowest BCUT2D eigenvalue weighted by molar-refractivity contribution is -0.218. The number of allylic oxidation sites excluding steroid dienone is 3. The Morgan fingerprint density at radius 3 is 2.28 bits per heavy atom. The van der Waals surface area contributed by atoms with Crippen molar-refractivity contribution < 1.29 is 27.9 Å². The second-order valence-corrected chi connectivity index (χ2v) is 22.0. The molecular weight excluding hydrogens is 697 g/mol. The molecule has 1 heterocycles. The molecule has 9 heteroatoms. The molecule has 0 spiro atoms. The van der Waals surface area contributed by atoms with Crippen LogP contribution in [0.25, 0.3) is 5.57 Å². The van der Waals surface area contributed by atoms with Gasteiger partial charge in [0.25, 0.3) is 0 Å². The Bertz CT molecular complexity index is 1770. The molecule has 0 unspecified atom stereocenters. The summed E-state index contributed by atoms with van der Waals surface area (Å²) in [4.78, 5) is 27.3. The molecule has 1 saturated heterocycles. The number of hydrogen-bond donors (Lipinski definition) is 2. The summed E-state index contributed by atoms with van der Waals surface area (Å²) in [7, 11) is -2.88.